The molecule has 2 heterocycles. The minimum Gasteiger partial charge on any atom is -0.346 e. The molecule has 1 N–H and O–H groups in total. The van der Waals surface area contributed by atoms with Gasteiger partial charge < -0.3 is 10.2 Å². The summed E-state index contributed by atoms with van der Waals surface area (Å²) in [5, 5.41) is 9.98. The molecule has 1 saturated heterocycles. The van der Waals surface area contributed by atoms with E-state index >= 15 is 0 Å². The molecule has 0 unspecified atom stereocenters. The predicted octanol–water partition coefficient (Wildman–Crippen LogP) is 4.75. The summed E-state index contributed by atoms with van der Waals surface area (Å²) in [7, 11) is 0. The van der Waals surface area contributed by atoms with Crippen LogP contribution in [0.5, 0.6) is 0 Å². The number of benzene rings is 2. The van der Waals surface area contributed by atoms with Gasteiger partial charge in [0.2, 0.25) is 0 Å². The molecular formula is C22H23Cl2N5S. The van der Waals surface area contributed by atoms with Crippen LogP contribution in [0.3, 0.4) is 0 Å². The Labute approximate surface area is 192 Å². The molecule has 2 aromatic carbocycles. The van der Waals surface area contributed by atoms with Gasteiger partial charge in [0.05, 0.1) is 18.4 Å². The van der Waals surface area contributed by atoms with E-state index in [0.29, 0.717) is 6.54 Å². The second-order valence-electron chi connectivity index (χ2n) is 7.38. The first-order valence-electron chi connectivity index (χ1n) is 9.85. The summed E-state index contributed by atoms with van der Waals surface area (Å²) in [4.78, 5) is 4.63. The van der Waals surface area contributed by atoms with Crippen molar-refractivity contribution in [2.45, 2.75) is 13.1 Å². The highest BCUT2D eigenvalue weighted by molar-refractivity contribution is 7.80. The lowest BCUT2D eigenvalue weighted by Crippen LogP contribution is -2.49. The molecule has 1 aromatic heterocycles. The predicted molar refractivity (Wildman–Crippen MR) is 127 cm³/mol. The quantitative estimate of drug-likeness (QED) is 0.556. The largest absolute Gasteiger partial charge is 0.346 e. The van der Waals surface area contributed by atoms with E-state index in [-0.39, 0.29) is 0 Å². The average Bonchev–Trinajstić information content (AvgIpc) is 3.15. The van der Waals surface area contributed by atoms with Gasteiger partial charge in [0.25, 0.3) is 0 Å². The summed E-state index contributed by atoms with van der Waals surface area (Å²) in [5.41, 5.74) is 3.24. The first-order chi connectivity index (χ1) is 14.5. The maximum absolute atomic E-state index is 6.09. The molecule has 4 rings (SSSR count). The van der Waals surface area contributed by atoms with Gasteiger partial charge >= 0.3 is 0 Å². The highest BCUT2D eigenvalue weighted by atomic mass is 35.5. The molecule has 1 aliphatic rings. The minimum absolute atomic E-state index is 0.664. The van der Waals surface area contributed by atoms with E-state index in [1.807, 2.05) is 53.3 Å². The highest BCUT2D eigenvalue weighted by Crippen LogP contribution is 2.16. The van der Waals surface area contributed by atoms with Crippen LogP contribution in [0.15, 0.2) is 60.9 Å². The molecule has 0 radical (unpaired) electrons. The zero-order valence-corrected chi connectivity index (χ0v) is 18.8. The maximum Gasteiger partial charge on any atom is 0.173 e. The van der Waals surface area contributed by atoms with Crippen molar-refractivity contribution in [1.82, 2.24) is 19.6 Å². The first-order valence-corrected chi connectivity index (χ1v) is 11.0. The molecule has 0 aliphatic carbocycles. The van der Waals surface area contributed by atoms with Crippen molar-refractivity contribution < 1.29 is 0 Å². The van der Waals surface area contributed by atoms with Gasteiger partial charge in [-0.05, 0) is 47.6 Å². The van der Waals surface area contributed by atoms with Gasteiger partial charge in [-0.25, -0.2) is 0 Å². The van der Waals surface area contributed by atoms with Crippen LogP contribution in [0, 0.1) is 0 Å². The third-order valence-electron chi connectivity index (χ3n) is 5.07. The molecule has 156 valence electrons. The van der Waals surface area contributed by atoms with Gasteiger partial charge in [-0.2, -0.15) is 5.10 Å². The summed E-state index contributed by atoms with van der Waals surface area (Å²) in [5.74, 6) is 0. The van der Waals surface area contributed by atoms with Gasteiger partial charge in [-0.1, -0.05) is 47.5 Å². The monoisotopic (exact) mass is 459 g/mol. The van der Waals surface area contributed by atoms with Crippen LogP contribution < -0.4 is 5.32 Å². The van der Waals surface area contributed by atoms with Crippen molar-refractivity contribution in [3.05, 3.63) is 82.1 Å². The van der Waals surface area contributed by atoms with E-state index in [4.69, 9.17) is 35.4 Å². The highest BCUT2D eigenvalue weighted by Gasteiger charge is 2.19. The fourth-order valence-corrected chi connectivity index (χ4v) is 4.27. The molecule has 1 aliphatic heterocycles. The Morgan fingerprint density at radius 2 is 1.57 bits per heavy atom. The molecule has 3 aromatic rings. The van der Waals surface area contributed by atoms with Crippen LogP contribution in [0.2, 0.25) is 10.0 Å². The van der Waals surface area contributed by atoms with E-state index < -0.39 is 0 Å². The number of anilines is 1. The van der Waals surface area contributed by atoms with E-state index in [1.165, 1.54) is 5.56 Å². The fraction of sp³-hybridized carbons (Fsp3) is 0.273. The number of nitrogens with zero attached hydrogens (tertiary/aromatic N) is 4. The molecule has 5 nitrogen and oxygen atoms in total. The number of hydrogen-bond acceptors (Lipinski definition) is 3. The molecule has 0 saturated carbocycles. The summed E-state index contributed by atoms with van der Waals surface area (Å²) < 4.78 is 1.87. The van der Waals surface area contributed by atoms with Gasteiger partial charge in [0.1, 0.15) is 0 Å². The van der Waals surface area contributed by atoms with Crippen molar-refractivity contribution in [3.63, 3.8) is 0 Å². The molecule has 8 heteroatoms. The van der Waals surface area contributed by atoms with Crippen LogP contribution >= 0.6 is 35.4 Å². The van der Waals surface area contributed by atoms with Crippen LogP contribution in [-0.4, -0.2) is 50.9 Å². The Hall–Kier alpha value is -2.12. The number of hydrogen-bond donors (Lipinski definition) is 1. The Morgan fingerprint density at radius 3 is 2.20 bits per heavy atom. The first kappa shape index (κ1) is 21.1. The fourth-order valence-electron chi connectivity index (χ4n) is 3.54. The van der Waals surface area contributed by atoms with Crippen molar-refractivity contribution >= 4 is 46.2 Å². The third kappa shape index (κ3) is 5.73. The van der Waals surface area contributed by atoms with Crippen molar-refractivity contribution in [2.75, 3.05) is 31.5 Å². The van der Waals surface area contributed by atoms with E-state index in [2.05, 4.69) is 26.3 Å². The normalized spacial score (nSPS) is 14.7. The number of halogens is 2. The standard InChI is InChI=1S/C22H23Cl2N5S/c23-19-5-1-3-17(11-19)14-27-7-9-28(10-8-27)22(30)26-21-13-25-29(16-21)15-18-4-2-6-20(24)12-18/h1-6,11-13,16H,7-10,14-15H2,(H,26,30). The number of thiocarbonyl (C=S) groups is 1. The average molecular weight is 460 g/mol. The lowest BCUT2D eigenvalue weighted by molar-refractivity contribution is 0.177. The molecule has 0 bridgehead atoms. The maximum atomic E-state index is 6.09. The summed E-state index contributed by atoms with van der Waals surface area (Å²) >= 11 is 17.8. The lowest BCUT2D eigenvalue weighted by atomic mass is 10.2. The Morgan fingerprint density at radius 1 is 0.933 bits per heavy atom. The van der Waals surface area contributed by atoms with Crippen molar-refractivity contribution in [1.29, 1.82) is 0 Å². The summed E-state index contributed by atoms with van der Waals surface area (Å²) in [6.45, 7) is 5.28. The number of rotatable bonds is 5. The second kappa shape index (κ2) is 9.79. The van der Waals surface area contributed by atoms with Crippen molar-refractivity contribution in [3.8, 4) is 0 Å². The van der Waals surface area contributed by atoms with Crippen LogP contribution in [-0.2, 0) is 13.1 Å². The van der Waals surface area contributed by atoms with Crippen LogP contribution in [0.1, 0.15) is 11.1 Å². The number of nitrogens with one attached hydrogen (secondary N) is 1. The SMILES string of the molecule is S=C(Nc1cnn(Cc2cccc(Cl)c2)c1)N1CCN(Cc2cccc(Cl)c2)CC1. The van der Waals surface area contributed by atoms with Crippen LogP contribution in [0.4, 0.5) is 5.69 Å². The Balaban J connectivity index is 1.26. The number of aromatic nitrogens is 2. The summed E-state index contributed by atoms with van der Waals surface area (Å²) in [6, 6.07) is 15.9. The van der Waals surface area contributed by atoms with Gasteiger partial charge in [0, 0.05) is 49.0 Å². The molecule has 30 heavy (non-hydrogen) atoms. The van der Waals surface area contributed by atoms with Gasteiger partial charge in [-0.3, -0.25) is 9.58 Å². The lowest BCUT2D eigenvalue weighted by Gasteiger charge is -2.36. The smallest absolute Gasteiger partial charge is 0.173 e. The summed E-state index contributed by atoms with van der Waals surface area (Å²) in [6.07, 6.45) is 3.76. The Bertz CT molecular complexity index is 1010. The molecule has 0 atom stereocenters. The molecule has 0 spiro atoms. The topological polar surface area (TPSA) is 36.3 Å². The second-order valence-corrected chi connectivity index (χ2v) is 8.64. The number of piperazine rings is 1. The van der Waals surface area contributed by atoms with Crippen molar-refractivity contribution in [2.24, 2.45) is 0 Å². The third-order valence-corrected chi connectivity index (χ3v) is 5.90. The zero-order chi connectivity index (χ0) is 20.9. The Kier molecular flexibility index (Phi) is 6.89. The van der Waals surface area contributed by atoms with Gasteiger partial charge in [-0.15, -0.1) is 0 Å². The van der Waals surface area contributed by atoms with Gasteiger partial charge in [0.15, 0.2) is 5.11 Å². The minimum atomic E-state index is 0.664. The van der Waals surface area contributed by atoms with Crippen LogP contribution in [0.25, 0.3) is 0 Å². The van der Waals surface area contributed by atoms with E-state index in [1.54, 1.807) is 6.20 Å². The van der Waals surface area contributed by atoms with E-state index in [9.17, 15) is 0 Å². The molecular weight excluding hydrogens is 437 g/mol. The molecule has 0 amide bonds. The van der Waals surface area contributed by atoms with E-state index in [0.717, 1.165) is 59.1 Å². The zero-order valence-electron chi connectivity index (χ0n) is 16.5. The molecule has 1 fully saturated rings.